The summed E-state index contributed by atoms with van der Waals surface area (Å²) in [5.74, 6) is -4.63. The van der Waals surface area contributed by atoms with Crippen molar-refractivity contribution in [2.75, 3.05) is 36.1 Å². The topological polar surface area (TPSA) is 200 Å². The number of likely N-dealkylation sites (tertiary alicyclic amines) is 1. The van der Waals surface area contributed by atoms with E-state index in [0.29, 0.717) is 12.8 Å². The van der Waals surface area contributed by atoms with Crippen molar-refractivity contribution in [3.63, 3.8) is 0 Å². The average Bonchev–Trinajstić information content (AvgIpc) is 3.36. The molecule has 0 bridgehead atoms. The predicted octanol–water partition coefficient (Wildman–Crippen LogP) is -3.32. The van der Waals surface area contributed by atoms with Crippen LogP contribution in [-0.2, 0) is 28.8 Å². The molecule has 0 aromatic carbocycles. The summed E-state index contributed by atoms with van der Waals surface area (Å²) in [6, 6.07) is -5.21. The van der Waals surface area contributed by atoms with Gasteiger partial charge in [-0.15, -0.1) is 0 Å². The molecule has 1 aliphatic rings. The fourth-order valence-corrected chi connectivity index (χ4v) is 4.13. The predicted molar refractivity (Wildman–Crippen MR) is 145 cm³/mol. The Bertz CT molecular complexity index is 836. The second-order valence-corrected chi connectivity index (χ2v) is 9.28. The highest BCUT2D eigenvalue weighted by Crippen LogP contribution is 2.17. The van der Waals surface area contributed by atoms with E-state index in [9.17, 15) is 28.8 Å². The third-order valence-electron chi connectivity index (χ3n) is 5.25. The van der Waals surface area contributed by atoms with E-state index in [4.69, 9.17) is 10.8 Å². The molecular weight excluding hydrogens is 553 g/mol. The van der Waals surface area contributed by atoms with E-state index in [1.807, 2.05) is 0 Å². The summed E-state index contributed by atoms with van der Waals surface area (Å²) in [7, 11) is 0. The van der Waals surface area contributed by atoms with Gasteiger partial charge in [-0.25, -0.2) is 4.79 Å². The molecule has 0 radical (unpaired) electrons. The van der Waals surface area contributed by atoms with Gasteiger partial charge in [-0.1, -0.05) is 0 Å². The molecule has 36 heavy (non-hydrogen) atoms. The zero-order valence-electron chi connectivity index (χ0n) is 19.3. The van der Waals surface area contributed by atoms with Gasteiger partial charge < -0.3 is 37.0 Å². The Labute approximate surface area is 230 Å². The summed E-state index contributed by atoms with van der Waals surface area (Å²) in [5.41, 5.74) is 5.57. The van der Waals surface area contributed by atoms with Gasteiger partial charge in [-0.05, 0) is 12.8 Å². The van der Waals surface area contributed by atoms with E-state index < -0.39 is 72.3 Å². The lowest BCUT2D eigenvalue weighted by Crippen LogP contribution is -2.57. The first-order chi connectivity index (χ1) is 17.0. The number of nitrogens with zero attached hydrogens (tertiary/aromatic N) is 1. The van der Waals surface area contributed by atoms with Crippen molar-refractivity contribution in [3.05, 3.63) is 0 Å². The van der Waals surface area contributed by atoms with Crippen LogP contribution in [0, 0.1) is 0 Å². The van der Waals surface area contributed by atoms with Crippen LogP contribution in [0.15, 0.2) is 0 Å². The molecule has 13 nitrogen and oxygen atoms in total. The maximum atomic E-state index is 12.8. The van der Waals surface area contributed by atoms with Crippen LogP contribution in [0.4, 0.5) is 0 Å². The smallest absolute Gasteiger partial charge is 0.327 e. The van der Waals surface area contributed by atoms with Gasteiger partial charge in [-0.3, -0.25) is 24.0 Å². The van der Waals surface area contributed by atoms with Gasteiger partial charge >= 0.3 is 5.97 Å². The van der Waals surface area contributed by atoms with Crippen LogP contribution in [0.25, 0.3) is 0 Å². The van der Waals surface area contributed by atoms with E-state index >= 15 is 0 Å². The number of amides is 5. The molecule has 1 rings (SSSR count). The molecule has 0 aliphatic carbocycles. The van der Waals surface area contributed by atoms with Gasteiger partial charge in [0.05, 0.1) is 12.6 Å². The van der Waals surface area contributed by atoms with Crippen molar-refractivity contribution in [1.82, 2.24) is 26.2 Å². The van der Waals surface area contributed by atoms with Crippen LogP contribution in [0.1, 0.15) is 12.8 Å². The number of hydrogen-bond donors (Lipinski definition) is 10. The first-order valence-corrected chi connectivity index (χ1v) is 13.4. The number of thiol groups is 4. The normalized spacial score (nSPS) is 18.4. The minimum absolute atomic E-state index is 0.0388. The molecule has 7 N–H and O–H groups in total. The molecule has 1 heterocycles. The number of aliphatic carboxylic acids is 1. The molecule has 1 saturated heterocycles. The molecule has 0 aromatic rings. The number of carboxylic acids is 1. The first kappa shape index (κ1) is 32.2. The largest absolute Gasteiger partial charge is 0.480 e. The Balaban J connectivity index is 2.71. The minimum atomic E-state index is -1.28. The molecule has 5 atom stereocenters. The van der Waals surface area contributed by atoms with Gasteiger partial charge in [0.1, 0.15) is 24.2 Å². The van der Waals surface area contributed by atoms with Crippen LogP contribution >= 0.6 is 50.5 Å². The molecule has 1 fully saturated rings. The summed E-state index contributed by atoms with van der Waals surface area (Å²) >= 11 is 15.9. The van der Waals surface area contributed by atoms with Gasteiger partial charge in [-0.2, -0.15) is 50.5 Å². The maximum Gasteiger partial charge on any atom is 0.327 e. The summed E-state index contributed by atoms with van der Waals surface area (Å²) in [5, 5.41) is 18.7. The quantitative estimate of drug-likeness (QED) is 0.0935. The fourth-order valence-electron chi connectivity index (χ4n) is 3.20. The summed E-state index contributed by atoms with van der Waals surface area (Å²) < 4.78 is 0. The van der Waals surface area contributed by atoms with E-state index in [0.717, 1.165) is 0 Å². The van der Waals surface area contributed by atoms with E-state index in [1.165, 1.54) is 4.90 Å². The van der Waals surface area contributed by atoms with Crippen molar-refractivity contribution in [2.45, 2.75) is 43.1 Å². The third kappa shape index (κ3) is 9.57. The number of carbonyl (C=O) groups excluding carboxylic acids is 5. The third-order valence-corrected chi connectivity index (χ3v) is 6.74. The molecule has 0 unspecified atom stereocenters. The zero-order valence-corrected chi connectivity index (χ0v) is 22.8. The second-order valence-electron chi connectivity index (χ2n) is 7.82. The number of carboxylic acid groups (broad SMARTS) is 1. The van der Waals surface area contributed by atoms with Crippen LogP contribution in [0.3, 0.4) is 0 Å². The minimum Gasteiger partial charge on any atom is -0.480 e. The van der Waals surface area contributed by atoms with Crippen LogP contribution in [0.2, 0.25) is 0 Å². The Kier molecular flexibility index (Phi) is 14.4. The Morgan fingerprint density at radius 3 is 1.92 bits per heavy atom. The molecule has 1 aliphatic heterocycles. The van der Waals surface area contributed by atoms with Crippen LogP contribution in [-0.4, -0.2) is 112 Å². The lowest BCUT2D eigenvalue weighted by Gasteiger charge is -2.27. The summed E-state index contributed by atoms with van der Waals surface area (Å²) in [4.78, 5) is 74.6. The average molecular weight is 585 g/mol. The summed E-state index contributed by atoms with van der Waals surface area (Å²) in [6.45, 7) is -0.172. The van der Waals surface area contributed by atoms with Crippen molar-refractivity contribution >= 4 is 86.0 Å². The number of rotatable bonds is 14. The molecule has 0 saturated carbocycles. The highest BCUT2D eigenvalue weighted by molar-refractivity contribution is 7.80. The first-order valence-electron chi connectivity index (χ1n) is 10.9. The van der Waals surface area contributed by atoms with E-state index in [2.05, 4.69) is 71.8 Å². The lowest BCUT2D eigenvalue weighted by atomic mass is 10.1. The van der Waals surface area contributed by atoms with E-state index in [1.54, 1.807) is 0 Å². The van der Waals surface area contributed by atoms with Crippen molar-refractivity contribution in [3.8, 4) is 0 Å². The fraction of sp³-hybridized carbons (Fsp3) is 0.684. The molecule has 0 aromatic heterocycles. The van der Waals surface area contributed by atoms with Gasteiger partial charge in [0, 0.05) is 29.6 Å². The highest BCUT2D eigenvalue weighted by Gasteiger charge is 2.36. The Hall–Kier alpha value is -1.82. The summed E-state index contributed by atoms with van der Waals surface area (Å²) in [6.07, 6.45) is 0.852. The standard InChI is InChI=1S/C19H32N6O7S4/c20-9(5-33)15(27)22-10(6-34)16(28)21-4-14(26)25-3-1-2-13(25)18(30)23-11(7-35)17(29)24-12(8-36)19(31)32/h9-13,33-36H,1-8,20H2,(H,21,28)(H,22,27)(H,23,30)(H,24,29)(H,31,32)/t9-,10-,11-,12-,13-/m0/s1. The molecular formula is C19H32N6O7S4. The molecule has 5 amide bonds. The molecule has 17 heteroatoms. The number of nitrogens with two attached hydrogens (primary N) is 1. The SMILES string of the molecule is N[C@@H](CS)C(=O)N[C@@H](CS)C(=O)NCC(=O)N1CCC[C@H]1C(=O)N[C@@H](CS)C(=O)N[C@@H](CS)C(=O)O. The number of carbonyl (C=O) groups is 6. The van der Waals surface area contributed by atoms with Crippen LogP contribution in [0.5, 0.6) is 0 Å². The maximum absolute atomic E-state index is 12.8. The Morgan fingerprint density at radius 1 is 0.833 bits per heavy atom. The second kappa shape index (κ2) is 16.1. The zero-order chi connectivity index (χ0) is 27.4. The van der Waals surface area contributed by atoms with Gasteiger partial charge in [0.2, 0.25) is 29.5 Å². The van der Waals surface area contributed by atoms with Crippen molar-refractivity contribution < 1.29 is 33.9 Å². The number of nitrogens with one attached hydrogen (secondary N) is 4. The number of hydrogen-bond acceptors (Lipinski definition) is 11. The molecule has 204 valence electrons. The van der Waals surface area contributed by atoms with Crippen molar-refractivity contribution in [1.29, 1.82) is 0 Å². The van der Waals surface area contributed by atoms with Gasteiger partial charge in [0.25, 0.3) is 0 Å². The van der Waals surface area contributed by atoms with Crippen molar-refractivity contribution in [2.24, 2.45) is 5.73 Å². The monoisotopic (exact) mass is 584 g/mol. The highest BCUT2D eigenvalue weighted by atomic mass is 32.1. The van der Waals surface area contributed by atoms with E-state index in [-0.39, 0.29) is 29.6 Å². The van der Waals surface area contributed by atoms with Gasteiger partial charge in [0.15, 0.2) is 0 Å². The lowest BCUT2D eigenvalue weighted by molar-refractivity contribution is -0.142. The molecule has 0 spiro atoms. The van der Waals surface area contributed by atoms with Crippen LogP contribution < -0.4 is 27.0 Å². The Morgan fingerprint density at radius 2 is 1.39 bits per heavy atom.